The van der Waals surface area contributed by atoms with Crippen molar-refractivity contribution >= 4 is 40.3 Å². The maximum Gasteiger partial charge on any atom is 0.408 e. The molecule has 1 atom stereocenters. The van der Waals surface area contributed by atoms with Gasteiger partial charge in [-0.1, -0.05) is 42.1 Å². The van der Waals surface area contributed by atoms with Gasteiger partial charge in [0.15, 0.2) is 5.17 Å². The highest BCUT2D eigenvalue weighted by Gasteiger charge is 2.20. The summed E-state index contributed by atoms with van der Waals surface area (Å²) in [6.45, 7) is 3.66. The maximum absolute atomic E-state index is 11.8. The number of nitrogens with two attached hydrogens (primary N) is 1. The third kappa shape index (κ3) is 6.91. The molecule has 0 saturated carbocycles. The van der Waals surface area contributed by atoms with Crippen LogP contribution in [-0.2, 0) is 4.74 Å². The molecule has 1 aliphatic carbocycles. The van der Waals surface area contributed by atoms with E-state index in [-0.39, 0.29) is 18.9 Å². The zero-order valence-corrected chi connectivity index (χ0v) is 14.8. The van der Waals surface area contributed by atoms with Crippen LogP contribution in [-0.4, -0.2) is 42.4 Å². The van der Waals surface area contributed by atoms with Crippen LogP contribution in [0, 0.1) is 5.41 Å². The van der Waals surface area contributed by atoms with Gasteiger partial charge in [-0.3, -0.25) is 4.99 Å². The molecule has 24 heavy (non-hydrogen) atoms. The van der Waals surface area contributed by atoms with E-state index in [0.29, 0.717) is 15.8 Å². The lowest BCUT2D eigenvalue weighted by atomic mass is 10.0. The SMILES string of the molecule is C=CCOC(=O)NC(CN=C(N)SC)C(=N)C1=CC=C(Cl)C=C=C1. The Kier molecular flexibility index (Phi) is 8.71. The minimum Gasteiger partial charge on any atom is -0.445 e. The Morgan fingerprint density at radius 3 is 3.04 bits per heavy atom. The topological polar surface area (TPSA) is 101 Å². The Hall–Kier alpha value is -2.21. The van der Waals surface area contributed by atoms with Crippen LogP contribution in [0.1, 0.15) is 0 Å². The molecule has 0 aromatic heterocycles. The second-order valence-corrected chi connectivity index (χ2v) is 5.77. The third-order valence-electron chi connectivity index (χ3n) is 2.80. The lowest BCUT2D eigenvalue weighted by Crippen LogP contribution is -2.43. The summed E-state index contributed by atoms with van der Waals surface area (Å²) >= 11 is 7.19. The molecule has 1 aliphatic rings. The summed E-state index contributed by atoms with van der Waals surface area (Å²) in [5, 5.41) is 11.8. The molecule has 0 aromatic carbocycles. The minimum absolute atomic E-state index is 0.0752. The molecule has 1 rings (SSSR count). The van der Waals surface area contributed by atoms with E-state index >= 15 is 0 Å². The molecular formula is C16H19ClN4O2S. The molecule has 0 fully saturated rings. The second kappa shape index (κ2) is 10.5. The number of thioether (sulfide) groups is 1. The zero-order chi connectivity index (χ0) is 17.9. The van der Waals surface area contributed by atoms with Crippen LogP contribution in [0.5, 0.6) is 0 Å². The lowest BCUT2D eigenvalue weighted by molar-refractivity contribution is 0.157. The van der Waals surface area contributed by atoms with E-state index in [4.69, 9.17) is 27.5 Å². The van der Waals surface area contributed by atoms with Crippen molar-refractivity contribution in [3.8, 4) is 0 Å². The van der Waals surface area contributed by atoms with Gasteiger partial charge in [-0.15, -0.1) is 5.73 Å². The fourth-order valence-corrected chi connectivity index (χ4v) is 1.95. The van der Waals surface area contributed by atoms with Gasteiger partial charge in [-0.2, -0.15) is 0 Å². The number of amidine groups is 1. The smallest absolute Gasteiger partial charge is 0.408 e. The first-order valence-corrected chi connectivity index (χ1v) is 8.55. The summed E-state index contributed by atoms with van der Waals surface area (Å²) < 4.78 is 4.90. The van der Waals surface area contributed by atoms with Crippen molar-refractivity contribution in [1.29, 1.82) is 5.41 Å². The van der Waals surface area contributed by atoms with Crippen LogP contribution >= 0.6 is 23.4 Å². The van der Waals surface area contributed by atoms with Crippen molar-refractivity contribution < 1.29 is 9.53 Å². The molecule has 0 radical (unpaired) electrons. The van der Waals surface area contributed by atoms with E-state index < -0.39 is 12.1 Å². The van der Waals surface area contributed by atoms with Crippen LogP contribution in [0.2, 0.25) is 0 Å². The first-order valence-electron chi connectivity index (χ1n) is 6.94. The molecule has 0 heterocycles. The van der Waals surface area contributed by atoms with Crippen molar-refractivity contribution in [2.24, 2.45) is 10.7 Å². The minimum atomic E-state index is -0.706. The summed E-state index contributed by atoms with van der Waals surface area (Å²) in [5.41, 5.74) is 9.23. The number of rotatable bonds is 7. The maximum atomic E-state index is 11.8. The molecule has 0 aromatic rings. The standard InChI is InChI=1S/C16H19ClN4O2S/c1-3-9-23-16(22)21-13(10-20-15(19)24-2)14(18)11-5-4-6-12(17)8-7-11/h3,5-8,13,18H,1,9-10H2,2H3,(H2,19,20)(H,21,22). The predicted molar refractivity (Wildman–Crippen MR) is 101 cm³/mol. The predicted octanol–water partition coefficient (Wildman–Crippen LogP) is 2.74. The van der Waals surface area contributed by atoms with Gasteiger partial charge in [0.2, 0.25) is 0 Å². The Bertz CT molecular complexity index is 661. The molecule has 6 nitrogen and oxygen atoms in total. The number of carbonyl (C=O) groups is 1. The molecule has 0 bridgehead atoms. The molecule has 0 saturated heterocycles. The highest BCUT2D eigenvalue weighted by atomic mass is 35.5. The quantitative estimate of drug-likeness (QED) is 0.279. The number of hydrogen-bond donors (Lipinski definition) is 3. The summed E-state index contributed by atoms with van der Waals surface area (Å²) in [6.07, 6.45) is 9.10. The number of allylic oxidation sites excluding steroid dienone is 4. The lowest BCUT2D eigenvalue weighted by Gasteiger charge is -2.18. The number of hydrogen-bond acceptors (Lipinski definition) is 5. The molecule has 8 heteroatoms. The summed E-state index contributed by atoms with van der Waals surface area (Å²) in [7, 11) is 0. The van der Waals surface area contributed by atoms with E-state index in [1.54, 1.807) is 30.6 Å². The fraction of sp³-hybridized carbons (Fsp3) is 0.250. The highest BCUT2D eigenvalue weighted by molar-refractivity contribution is 8.13. The molecule has 128 valence electrons. The molecule has 0 spiro atoms. The number of nitrogens with one attached hydrogen (secondary N) is 2. The van der Waals surface area contributed by atoms with E-state index in [1.165, 1.54) is 17.8 Å². The van der Waals surface area contributed by atoms with E-state index in [9.17, 15) is 4.79 Å². The number of carbonyl (C=O) groups excluding carboxylic acids is 1. The normalized spacial score (nSPS) is 15.0. The van der Waals surface area contributed by atoms with Crippen LogP contribution in [0.25, 0.3) is 0 Å². The van der Waals surface area contributed by atoms with Crippen molar-refractivity contribution in [2.75, 3.05) is 19.4 Å². The van der Waals surface area contributed by atoms with Crippen LogP contribution in [0.15, 0.2) is 58.3 Å². The van der Waals surface area contributed by atoms with Gasteiger partial charge in [-0.25, -0.2) is 4.79 Å². The van der Waals surface area contributed by atoms with Crippen LogP contribution < -0.4 is 11.1 Å². The van der Waals surface area contributed by atoms with Gasteiger partial charge in [0.05, 0.1) is 18.3 Å². The van der Waals surface area contributed by atoms with E-state index in [1.807, 2.05) is 0 Å². The van der Waals surface area contributed by atoms with Crippen LogP contribution in [0.4, 0.5) is 4.79 Å². The first kappa shape index (κ1) is 19.8. The molecule has 1 unspecified atom stereocenters. The molecule has 0 aliphatic heterocycles. The van der Waals surface area contributed by atoms with Gasteiger partial charge >= 0.3 is 6.09 Å². The molecular weight excluding hydrogens is 348 g/mol. The van der Waals surface area contributed by atoms with E-state index in [2.05, 4.69) is 22.6 Å². The number of ether oxygens (including phenoxy) is 1. The van der Waals surface area contributed by atoms with Gasteiger partial charge in [0, 0.05) is 10.6 Å². The zero-order valence-electron chi connectivity index (χ0n) is 13.2. The third-order valence-corrected chi connectivity index (χ3v) is 3.59. The number of amides is 1. The largest absolute Gasteiger partial charge is 0.445 e. The highest BCUT2D eigenvalue weighted by Crippen LogP contribution is 2.12. The Balaban J connectivity index is 2.94. The fourth-order valence-electron chi connectivity index (χ4n) is 1.62. The van der Waals surface area contributed by atoms with Crippen molar-refractivity contribution in [3.63, 3.8) is 0 Å². The van der Waals surface area contributed by atoms with Gasteiger partial charge in [0.25, 0.3) is 0 Å². The van der Waals surface area contributed by atoms with Gasteiger partial charge < -0.3 is 21.2 Å². The number of alkyl carbamates (subject to hydrolysis) is 1. The Morgan fingerprint density at radius 2 is 2.38 bits per heavy atom. The van der Waals surface area contributed by atoms with Gasteiger partial charge in [0.1, 0.15) is 6.61 Å². The number of nitrogens with zero attached hydrogens (tertiary/aromatic N) is 1. The van der Waals surface area contributed by atoms with Crippen molar-refractivity contribution in [2.45, 2.75) is 6.04 Å². The molecule has 1 amide bonds. The van der Waals surface area contributed by atoms with Gasteiger partial charge in [-0.05, 0) is 24.5 Å². The first-order chi connectivity index (χ1) is 11.5. The Labute approximate surface area is 150 Å². The second-order valence-electron chi connectivity index (χ2n) is 4.51. The van der Waals surface area contributed by atoms with Crippen molar-refractivity contribution in [1.82, 2.24) is 5.32 Å². The summed E-state index contributed by atoms with van der Waals surface area (Å²) in [4.78, 5) is 15.9. The summed E-state index contributed by atoms with van der Waals surface area (Å²) in [5.74, 6) is 0. The van der Waals surface area contributed by atoms with Crippen molar-refractivity contribution in [3.05, 3.63) is 53.3 Å². The average Bonchev–Trinajstić information content (AvgIpc) is 2.80. The number of aliphatic imine (C=N–C) groups is 1. The monoisotopic (exact) mass is 366 g/mol. The summed E-state index contributed by atoms with van der Waals surface area (Å²) in [6, 6.07) is -0.706. The average molecular weight is 367 g/mol. The molecule has 4 N–H and O–H groups in total. The Morgan fingerprint density at radius 1 is 1.62 bits per heavy atom. The van der Waals surface area contributed by atoms with E-state index in [0.717, 1.165) is 0 Å². The number of halogens is 1. The van der Waals surface area contributed by atoms with Crippen LogP contribution in [0.3, 0.4) is 0 Å².